The van der Waals surface area contributed by atoms with Gasteiger partial charge in [-0.05, 0) is 42.3 Å². The molecule has 9 heteroatoms. The largest absolute Gasteiger partial charge is 0.368 e. The second-order valence-corrected chi connectivity index (χ2v) is 6.50. The van der Waals surface area contributed by atoms with E-state index in [4.69, 9.17) is 5.73 Å². The van der Waals surface area contributed by atoms with Crippen molar-refractivity contribution in [1.82, 2.24) is 15.5 Å². The van der Waals surface area contributed by atoms with Crippen molar-refractivity contribution in [1.29, 1.82) is 0 Å². The molecule has 4 N–H and O–H groups in total. The molecule has 2 rings (SSSR count). The van der Waals surface area contributed by atoms with Crippen LogP contribution in [0.2, 0.25) is 0 Å². The summed E-state index contributed by atoms with van der Waals surface area (Å²) in [5, 5.41) is 5.66. The summed E-state index contributed by atoms with van der Waals surface area (Å²) in [6, 6.07) is 13.4. The molecule has 162 valence electrons. The van der Waals surface area contributed by atoms with Crippen LogP contribution in [-0.2, 0) is 17.9 Å². The smallest absolute Gasteiger partial charge is 0.251 e. The number of nitrogens with two attached hydrogens (primary N) is 1. The number of hydrogen-bond acceptors (Lipinski definition) is 3. The van der Waals surface area contributed by atoms with Gasteiger partial charge in [-0.1, -0.05) is 24.3 Å². The predicted octanol–water partition coefficient (Wildman–Crippen LogP) is 2.26. The lowest BCUT2D eigenvalue weighted by Crippen LogP contribution is -2.38. The summed E-state index contributed by atoms with van der Waals surface area (Å²) >= 11 is 0. The zero-order valence-electron chi connectivity index (χ0n) is 17.0. The number of guanidine groups is 1. The van der Waals surface area contributed by atoms with E-state index in [0.29, 0.717) is 31.2 Å². The van der Waals surface area contributed by atoms with Gasteiger partial charge in [0.25, 0.3) is 5.91 Å². The lowest BCUT2D eigenvalue weighted by atomic mass is 10.1. The molecule has 2 amide bonds. The Morgan fingerprint density at radius 3 is 2.40 bits per heavy atom. The van der Waals surface area contributed by atoms with Crippen LogP contribution >= 0.6 is 24.0 Å². The summed E-state index contributed by atoms with van der Waals surface area (Å²) in [4.78, 5) is 29.2. The lowest BCUT2D eigenvalue weighted by molar-refractivity contribution is -0.117. The molecule has 0 aliphatic heterocycles. The van der Waals surface area contributed by atoms with Gasteiger partial charge in [0.1, 0.15) is 5.82 Å². The van der Waals surface area contributed by atoms with Crippen molar-refractivity contribution in [3.05, 3.63) is 71.0 Å². The molecule has 0 aliphatic rings. The van der Waals surface area contributed by atoms with Crippen LogP contribution in [0.25, 0.3) is 0 Å². The molecule has 0 aliphatic carbocycles. The SMILES string of the molecule is CCNC(=NCc1ccc(C(=O)NCC(N)=O)cc1)N(C)Cc1cccc(F)c1.I. The Balaban J connectivity index is 0.00000450. The number of primary amides is 1. The number of nitrogens with one attached hydrogen (secondary N) is 2. The summed E-state index contributed by atoms with van der Waals surface area (Å²) in [6.45, 7) is 3.41. The first-order chi connectivity index (χ1) is 13.9. The number of nitrogens with zero attached hydrogens (tertiary/aromatic N) is 2. The molecule has 30 heavy (non-hydrogen) atoms. The molecule has 0 bridgehead atoms. The molecule has 0 spiro atoms. The quantitative estimate of drug-likeness (QED) is 0.279. The highest BCUT2D eigenvalue weighted by Gasteiger charge is 2.08. The molecule has 0 saturated heterocycles. The highest BCUT2D eigenvalue weighted by Crippen LogP contribution is 2.09. The Kier molecular flexibility index (Phi) is 10.8. The van der Waals surface area contributed by atoms with E-state index in [0.717, 1.165) is 11.1 Å². The predicted molar refractivity (Wildman–Crippen MR) is 126 cm³/mol. The molecule has 0 saturated carbocycles. The van der Waals surface area contributed by atoms with Gasteiger partial charge >= 0.3 is 0 Å². The van der Waals surface area contributed by atoms with Crippen LogP contribution in [0.5, 0.6) is 0 Å². The molecule has 7 nitrogen and oxygen atoms in total. The van der Waals surface area contributed by atoms with Gasteiger partial charge in [0.05, 0.1) is 13.1 Å². The molecular formula is C21H27FIN5O2. The van der Waals surface area contributed by atoms with Gasteiger partial charge in [-0.25, -0.2) is 9.38 Å². The molecule has 2 aromatic rings. The fraction of sp³-hybridized carbons (Fsp3) is 0.286. The second kappa shape index (κ2) is 12.8. The van der Waals surface area contributed by atoms with Crippen LogP contribution in [0.15, 0.2) is 53.5 Å². The fourth-order valence-corrected chi connectivity index (χ4v) is 2.65. The lowest BCUT2D eigenvalue weighted by Gasteiger charge is -2.22. The monoisotopic (exact) mass is 527 g/mol. The maximum Gasteiger partial charge on any atom is 0.251 e. The van der Waals surface area contributed by atoms with E-state index < -0.39 is 5.91 Å². The zero-order valence-corrected chi connectivity index (χ0v) is 19.4. The van der Waals surface area contributed by atoms with Gasteiger partial charge in [-0.2, -0.15) is 0 Å². The summed E-state index contributed by atoms with van der Waals surface area (Å²) in [5.74, 6) is -0.525. The van der Waals surface area contributed by atoms with E-state index in [2.05, 4.69) is 15.6 Å². The van der Waals surface area contributed by atoms with E-state index in [1.807, 2.05) is 24.9 Å². The average Bonchev–Trinajstić information content (AvgIpc) is 2.69. The van der Waals surface area contributed by atoms with Crippen LogP contribution in [0.4, 0.5) is 4.39 Å². The van der Waals surface area contributed by atoms with Crippen molar-refractivity contribution in [3.63, 3.8) is 0 Å². The van der Waals surface area contributed by atoms with Crippen LogP contribution in [0, 0.1) is 5.82 Å². The first kappa shape index (κ1) is 25.3. The molecular weight excluding hydrogens is 500 g/mol. The van der Waals surface area contributed by atoms with Crippen molar-refractivity contribution < 1.29 is 14.0 Å². The second-order valence-electron chi connectivity index (χ2n) is 6.50. The standard InChI is InChI=1S/C21H26FN5O2.HI/c1-3-24-21(27(2)14-16-5-4-6-18(22)11-16)26-12-15-7-9-17(10-8-15)20(29)25-13-19(23)28;/h4-11H,3,12-14H2,1-2H3,(H2,23,28)(H,24,26)(H,25,29);1H. The van der Waals surface area contributed by atoms with Crippen molar-refractivity contribution in [2.75, 3.05) is 20.1 Å². The highest BCUT2D eigenvalue weighted by atomic mass is 127. The topological polar surface area (TPSA) is 99.8 Å². The van der Waals surface area contributed by atoms with Crippen molar-refractivity contribution in [2.24, 2.45) is 10.7 Å². The molecule has 0 unspecified atom stereocenters. The van der Waals surface area contributed by atoms with Crippen molar-refractivity contribution in [3.8, 4) is 0 Å². The first-order valence-corrected chi connectivity index (χ1v) is 9.28. The number of aliphatic imine (C=N–C) groups is 1. The maximum atomic E-state index is 13.4. The third kappa shape index (κ3) is 8.36. The average molecular weight is 527 g/mol. The van der Waals surface area contributed by atoms with Gasteiger partial charge in [-0.3, -0.25) is 9.59 Å². The summed E-state index contributed by atoms with van der Waals surface area (Å²) in [6.07, 6.45) is 0. The minimum atomic E-state index is -0.595. The minimum Gasteiger partial charge on any atom is -0.368 e. The van der Waals surface area contributed by atoms with Crippen LogP contribution in [0.1, 0.15) is 28.4 Å². The van der Waals surface area contributed by atoms with Gasteiger partial charge in [0, 0.05) is 25.7 Å². The fourth-order valence-electron chi connectivity index (χ4n) is 2.65. The van der Waals surface area contributed by atoms with E-state index in [9.17, 15) is 14.0 Å². The summed E-state index contributed by atoms with van der Waals surface area (Å²) in [7, 11) is 1.89. The van der Waals surface area contributed by atoms with E-state index >= 15 is 0 Å². The highest BCUT2D eigenvalue weighted by molar-refractivity contribution is 14.0. The molecule has 2 aromatic carbocycles. The summed E-state index contributed by atoms with van der Waals surface area (Å²) < 4.78 is 13.4. The summed E-state index contributed by atoms with van der Waals surface area (Å²) in [5.41, 5.74) is 7.23. The Morgan fingerprint density at radius 1 is 1.10 bits per heavy atom. The van der Waals surface area contributed by atoms with Crippen LogP contribution in [0.3, 0.4) is 0 Å². The number of hydrogen-bond donors (Lipinski definition) is 3. The third-order valence-electron chi connectivity index (χ3n) is 4.06. The minimum absolute atomic E-state index is 0. The number of carbonyl (C=O) groups is 2. The molecule has 0 heterocycles. The molecule has 0 radical (unpaired) electrons. The Labute approximate surface area is 193 Å². The molecule has 0 fully saturated rings. The van der Waals surface area contributed by atoms with Crippen molar-refractivity contribution >= 4 is 41.8 Å². The zero-order chi connectivity index (χ0) is 21.2. The molecule has 0 aromatic heterocycles. The number of benzene rings is 2. The Hall–Kier alpha value is -2.69. The van der Waals surface area contributed by atoms with Crippen LogP contribution in [-0.4, -0.2) is 42.8 Å². The van der Waals surface area contributed by atoms with Gasteiger partial charge in [-0.15, -0.1) is 24.0 Å². The number of rotatable bonds is 8. The van der Waals surface area contributed by atoms with Gasteiger partial charge < -0.3 is 21.3 Å². The number of halogens is 2. The van der Waals surface area contributed by atoms with Gasteiger partial charge in [0.15, 0.2) is 5.96 Å². The normalized spacial score (nSPS) is 10.7. The molecule has 0 atom stereocenters. The number of carbonyl (C=O) groups excluding carboxylic acids is 2. The van der Waals surface area contributed by atoms with Crippen molar-refractivity contribution in [2.45, 2.75) is 20.0 Å². The Morgan fingerprint density at radius 2 is 1.80 bits per heavy atom. The van der Waals surface area contributed by atoms with Gasteiger partial charge in [0.2, 0.25) is 5.91 Å². The van der Waals surface area contributed by atoms with Crippen LogP contribution < -0.4 is 16.4 Å². The number of amides is 2. The van der Waals surface area contributed by atoms with E-state index in [-0.39, 0.29) is 42.2 Å². The van der Waals surface area contributed by atoms with E-state index in [1.54, 1.807) is 30.3 Å². The first-order valence-electron chi connectivity index (χ1n) is 9.28. The third-order valence-corrected chi connectivity index (χ3v) is 4.06. The Bertz CT molecular complexity index is 874. The van der Waals surface area contributed by atoms with E-state index in [1.165, 1.54) is 12.1 Å². The maximum absolute atomic E-state index is 13.4.